The van der Waals surface area contributed by atoms with Crippen molar-refractivity contribution in [3.8, 4) is 0 Å². The summed E-state index contributed by atoms with van der Waals surface area (Å²) in [7, 11) is 5.58. The molecule has 0 radical (unpaired) electrons. The quantitative estimate of drug-likeness (QED) is 0.609. The van der Waals surface area contributed by atoms with Gasteiger partial charge in [-0.15, -0.1) is 0 Å². The Kier molecular flexibility index (Phi) is 6.27. The maximum Gasteiger partial charge on any atom is 0.0791 e. The number of methoxy groups -OCH3 is 1. The van der Waals surface area contributed by atoms with Gasteiger partial charge in [-0.3, -0.25) is 0 Å². The monoisotopic (exact) mass is 204 g/mol. The average Bonchev–Trinajstić information content (AvgIpc) is 2.00. The topological polar surface area (TPSA) is 44.7 Å². The van der Waals surface area contributed by atoms with E-state index in [9.17, 15) is 5.11 Å². The SMILES string of the molecule is COCC(C)(C)NCC(O)CN(C)C. The van der Waals surface area contributed by atoms with Gasteiger partial charge >= 0.3 is 0 Å². The number of nitrogens with one attached hydrogen (secondary N) is 1. The van der Waals surface area contributed by atoms with E-state index >= 15 is 0 Å². The van der Waals surface area contributed by atoms with Gasteiger partial charge in [-0.25, -0.2) is 0 Å². The second-order valence-electron chi connectivity index (χ2n) is 4.61. The molecule has 86 valence electrons. The van der Waals surface area contributed by atoms with Gasteiger partial charge in [0.25, 0.3) is 0 Å². The summed E-state index contributed by atoms with van der Waals surface area (Å²) < 4.78 is 5.07. The zero-order chi connectivity index (χ0) is 11.2. The van der Waals surface area contributed by atoms with Gasteiger partial charge in [-0.2, -0.15) is 0 Å². The molecule has 0 fully saturated rings. The maximum absolute atomic E-state index is 9.61. The lowest BCUT2D eigenvalue weighted by Gasteiger charge is -2.27. The van der Waals surface area contributed by atoms with Gasteiger partial charge in [-0.1, -0.05) is 0 Å². The molecule has 0 aromatic carbocycles. The highest BCUT2D eigenvalue weighted by Crippen LogP contribution is 2.01. The molecule has 0 saturated heterocycles. The van der Waals surface area contributed by atoms with E-state index in [0.717, 1.165) is 0 Å². The molecule has 0 aliphatic heterocycles. The third kappa shape index (κ3) is 7.26. The van der Waals surface area contributed by atoms with Crippen LogP contribution < -0.4 is 5.32 Å². The first kappa shape index (κ1) is 13.8. The van der Waals surface area contributed by atoms with Crippen LogP contribution in [0.1, 0.15) is 13.8 Å². The first-order chi connectivity index (χ1) is 6.37. The number of likely N-dealkylation sites (N-methyl/N-ethyl adjacent to an activating group) is 1. The second kappa shape index (κ2) is 6.35. The highest BCUT2D eigenvalue weighted by atomic mass is 16.5. The summed E-state index contributed by atoms with van der Waals surface area (Å²) in [6.07, 6.45) is -0.332. The maximum atomic E-state index is 9.61. The van der Waals surface area contributed by atoms with Crippen LogP contribution in [0.4, 0.5) is 0 Å². The van der Waals surface area contributed by atoms with Crippen molar-refractivity contribution in [1.29, 1.82) is 0 Å². The molecule has 0 aliphatic carbocycles. The number of nitrogens with zero attached hydrogens (tertiary/aromatic N) is 1. The van der Waals surface area contributed by atoms with Crippen LogP contribution in [0, 0.1) is 0 Å². The average molecular weight is 204 g/mol. The molecule has 0 heterocycles. The van der Waals surface area contributed by atoms with Gasteiger partial charge in [0.2, 0.25) is 0 Å². The highest BCUT2D eigenvalue weighted by molar-refractivity contribution is 4.78. The summed E-state index contributed by atoms with van der Waals surface area (Å²) in [5, 5.41) is 12.9. The van der Waals surface area contributed by atoms with Crippen LogP contribution >= 0.6 is 0 Å². The van der Waals surface area contributed by atoms with E-state index in [0.29, 0.717) is 19.7 Å². The minimum absolute atomic E-state index is 0.0813. The van der Waals surface area contributed by atoms with Crippen LogP contribution in [0.3, 0.4) is 0 Å². The molecule has 0 rings (SSSR count). The van der Waals surface area contributed by atoms with E-state index in [1.165, 1.54) is 0 Å². The molecule has 0 aromatic rings. The third-order valence-corrected chi connectivity index (χ3v) is 1.90. The number of ether oxygens (including phenoxy) is 1. The van der Waals surface area contributed by atoms with E-state index in [1.54, 1.807) is 7.11 Å². The predicted molar refractivity (Wildman–Crippen MR) is 58.5 cm³/mol. The van der Waals surface area contributed by atoms with Crippen LogP contribution in [-0.2, 0) is 4.74 Å². The Labute approximate surface area is 87.2 Å². The normalized spacial score (nSPS) is 14.8. The van der Waals surface area contributed by atoms with Crippen molar-refractivity contribution in [3.05, 3.63) is 0 Å². The van der Waals surface area contributed by atoms with Gasteiger partial charge in [0.1, 0.15) is 0 Å². The summed E-state index contributed by atoms with van der Waals surface area (Å²) in [6.45, 7) is 6.02. The fourth-order valence-electron chi connectivity index (χ4n) is 1.29. The standard InChI is InChI=1S/C10H24N2O2/c1-10(2,8-14-5)11-6-9(13)7-12(3)4/h9,11,13H,6-8H2,1-5H3. The highest BCUT2D eigenvalue weighted by Gasteiger charge is 2.18. The van der Waals surface area contributed by atoms with Gasteiger partial charge < -0.3 is 20.1 Å². The number of hydrogen-bond acceptors (Lipinski definition) is 4. The Bertz CT molecular complexity index is 149. The molecule has 1 atom stereocenters. The van der Waals surface area contributed by atoms with Crippen molar-refractivity contribution < 1.29 is 9.84 Å². The van der Waals surface area contributed by atoms with Crippen LogP contribution in [0.5, 0.6) is 0 Å². The van der Waals surface area contributed by atoms with Gasteiger partial charge in [0.15, 0.2) is 0 Å². The van der Waals surface area contributed by atoms with E-state index in [1.807, 2.05) is 19.0 Å². The van der Waals surface area contributed by atoms with Crippen molar-refractivity contribution in [2.45, 2.75) is 25.5 Å². The van der Waals surface area contributed by atoms with Gasteiger partial charge in [-0.05, 0) is 27.9 Å². The zero-order valence-corrected chi connectivity index (χ0v) is 10.0. The molecule has 0 saturated carbocycles. The molecule has 4 nitrogen and oxygen atoms in total. The molecular weight excluding hydrogens is 180 g/mol. The molecule has 4 heteroatoms. The van der Waals surface area contributed by atoms with Crippen molar-refractivity contribution in [2.24, 2.45) is 0 Å². The molecule has 2 N–H and O–H groups in total. The Morgan fingerprint density at radius 1 is 1.43 bits per heavy atom. The van der Waals surface area contributed by atoms with Crippen LogP contribution in [-0.4, -0.2) is 62.6 Å². The van der Waals surface area contributed by atoms with Crippen molar-refractivity contribution >= 4 is 0 Å². The molecule has 0 aliphatic rings. The van der Waals surface area contributed by atoms with E-state index in [4.69, 9.17) is 4.74 Å². The molecule has 0 aromatic heterocycles. The lowest BCUT2D eigenvalue weighted by atomic mass is 10.1. The first-order valence-corrected chi connectivity index (χ1v) is 4.94. The van der Waals surface area contributed by atoms with E-state index in [2.05, 4.69) is 19.2 Å². The zero-order valence-electron chi connectivity index (χ0n) is 10.0. The van der Waals surface area contributed by atoms with Crippen molar-refractivity contribution in [2.75, 3.05) is 40.9 Å². The van der Waals surface area contributed by atoms with Crippen molar-refractivity contribution in [1.82, 2.24) is 10.2 Å². The predicted octanol–water partition coefficient (Wildman–Crippen LogP) is -0.0765. The number of aliphatic hydroxyl groups excluding tert-OH is 1. The van der Waals surface area contributed by atoms with Crippen molar-refractivity contribution in [3.63, 3.8) is 0 Å². The minimum Gasteiger partial charge on any atom is -0.390 e. The number of β-amino-alcohol motifs (C(OH)–C–C–N with tert-alkyl or cyclic N) is 1. The van der Waals surface area contributed by atoms with Crippen LogP contribution in [0.15, 0.2) is 0 Å². The minimum atomic E-state index is -0.332. The lowest BCUT2D eigenvalue weighted by molar-refractivity contribution is 0.0958. The summed E-state index contributed by atoms with van der Waals surface area (Å²) in [5.74, 6) is 0. The van der Waals surface area contributed by atoms with Gasteiger partial charge in [0, 0.05) is 25.7 Å². The fourth-order valence-corrected chi connectivity index (χ4v) is 1.29. The van der Waals surface area contributed by atoms with Gasteiger partial charge in [0.05, 0.1) is 12.7 Å². The van der Waals surface area contributed by atoms with Crippen LogP contribution in [0.2, 0.25) is 0 Å². The Morgan fingerprint density at radius 2 is 2.00 bits per heavy atom. The number of rotatable bonds is 7. The fraction of sp³-hybridized carbons (Fsp3) is 1.00. The smallest absolute Gasteiger partial charge is 0.0791 e. The molecule has 0 bridgehead atoms. The molecule has 0 amide bonds. The largest absolute Gasteiger partial charge is 0.390 e. The molecule has 1 unspecified atom stereocenters. The Morgan fingerprint density at radius 3 is 2.43 bits per heavy atom. The molecular formula is C10H24N2O2. The summed E-state index contributed by atoms with van der Waals surface area (Å²) in [5.41, 5.74) is -0.0813. The Balaban J connectivity index is 3.69. The van der Waals surface area contributed by atoms with Crippen LogP contribution in [0.25, 0.3) is 0 Å². The number of aliphatic hydroxyl groups is 1. The molecule has 0 spiro atoms. The van der Waals surface area contributed by atoms with E-state index < -0.39 is 0 Å². The molecule has 14 heavy (non-hydrogen) atoms. The summed E-state index contributed by atoms with van der Waals surface area (Å²) in [4.78, 5) is 1.97. The Hall–Kier alpha value is -0.160. The third-order valence-electron chi connectivity index (χ3n) is 1.90. The second-order valence-corrected chi connectivity index (χ2v) is 4.61. The van der Waals surface area contributed by atoms with E-state index in [-0.39, 0.29) is 11.6 Å². The summed E-state index contributed by atoms with van der Waals surface area (Å²) in [6, 6.07) is 0. The lowest BCUT2D eigenvalue weighted by Crippen LogP contribution is -2.48. The first-order valence-electron chi connectivity index (χ1n) is 4.94. The number of hydrogen-bond donors (Lipinski definition) is 2. The summed E-state index contributed by atoms with van der Waals surface area (Å²) >= 11 is 0.